The van der Waals surface area contributed by atoms with Crippen molar-refractivity contribution < 1.29 is 0 Å². The van der Waals surface area contributed by atoms with Crippen LogP contribution in [0.1, 0.15) is 18.9 Å². The van der Waals surface area contributed by atoms with Gasteiger partial charge in [-0.3, -0.25) is 0 Å². The van der Waals surface area contributed by atoms with Gasteiger partial charge in [-0.15, -0.1) is 0 Å². The molecular weight excluding hydrogens is 214 g/mol. The minimum atomic E-state index is 0.170. The van der Waals surface area contributed by atoms with E-state index in [2.05, 4.69) is 26.9 Å². The van der Waals surface area contributed by atoms with Crippen LogP contribution < -0.4 is 5.73 Å². The van der Waals surface area contributed by atoms with E-state index in [0.717, 1.165) is 24.1 Å². The summed E-state index contributed by atoms with van der Waals surface area (Å²) in [6.45, 7) is 2.07. The molecule has 0 radical (unpaired) electrons. The summed E-state index contributed by atoms with van der Waals surface area (Å²) >= 11 is 0. The quantitative estimate of drug-likeness (QED) is 0.852. The van der Waals surface area contributed by atoms with E-state index >= 15 is 0 Å². The Morgan fingerprint density at radius 2 is 2.00 bits per heavy atom. The molecule has 1 unspecified atom stereocenters. The summed E-state index contributed by atoms with van der Waals surface area (Å²) in [5.41, 5.74) is 7.66. The highest BCUT2D eigenvalue weighted by molar-refractivity contribution is 5.47. The van der Waals surface area contributed by atoms with Crippen molar-refractivity contribution in [2.24, 2.45) is 5.73 Å². The van der Waals surface area contributed by atoms with Gasteiger partial charge in [0, 0.05) is 24.6 Å². The van der Waals surface area contributed by atoms with Gasteiger partial charge in [-0.05, 0) is 24.5 Å². The highest BCUT2D eigenvalue weighted by Crippen LogP contribution is 2.10. The Balaban J connectivity index is 2.13. The third-order valence-electron chi connectivity index (χ3n) is 2.54. The Bertz CT molecular complexity index is 454. The van der Waals surface area contributed by atoms with Crippen LogP contribution in [0.2, 0.25) is 0 Å². The van der Waals surface area contributed by atoms with Crippen molar-refractivity contribution in [2.75, 3.05) is 0 Å². The van der Waals surface area contributed by atoms with Crippen molar-refractivity contribution in [3.63, 3.8) is 0 Å². The van der Waals surface area contributed by atoms with Crippen LogP contribution in [0.25, 0.3) is 11.5 Å². The van der Waals surface area contributed by atoms with Crippen LogP contribution in [0.5, 0.6) is 0 Å². The topological polar surface area (TPSA) is 77.6 Å². The van der Waals surface area contributed by atoms with Crippen LogP contribution in [0, 0.1) is 0 Å². The Labute approximate surface area is 100 Å². The lowest BCUT2D eigenvalue weighted by Gasteiger charge is -2.07. The molecule has 1 atom stereocenters. The van der Waals surface area contributed by atoms with Gasteiger partial charge < -0.3 is 5.73 Å². The maximum atomic E-state index is 5.88. The molecule has 2 heterocycles. The summed E-state index contributed by atoms with van der Waals surface area (Å²) in [6.07, 6.45) is 8.53. The smallest absolute Gasteiger partial charge is 0.178 e. The maximum Gasteiger partial charge on any atom is 0.178 e. The van der Waals surface area contributed by atoms with E-state index in [1.165, 1.54) is 6.33 Å². The van der Waals surface area contributed by atoms with Crippen LogP contribution in [0.4, 0.5) is 0 Å². The standard InChI is InChI=1S/C12H15N5/c1-2-10(13)5-9-6-15-12(16-7-9)11-3-4-14-8-17-11/h3-4,6-8,10H,2,5,13H2,1H3. The fourth-order valence-electron chi connectivity index (χ4n) is 1.46. The van der Waals surface area contributed by atoms with Crippen molar-refractivity contribution in [3.8, 4) is 11.5 Å². The molecule has 0 aromatic carbocycles. The van der Waals surface area contributed by atoms with Crippen molar-refractivity contribution in [3.05, 3.63) is 36.5 Å². The fraction of sp³-hybridized carbons (Fsp3) is 0.333. The van der Waals surface area contributed by atoms with Gasteiger partial charge in [-0.2, -0.15) is 0 Å². The first-order chi connectivity index (χ1) is 8.29. The van der Waals surface area contributed by atoms with Gasteiger partial charge in [0.05, 0.1) is 0 Å². The predicted molar refractivity (Wildman–Crippen MR) is 65.0 cm³/mol. The van der Waals surface area contributed by atoms with Gasteiger partial charge in [-0.1, -0.05) is 6.92 Å². The van der Waals surface area contributed by atoms with Crippen LogP contribution in [0.3, 0.4) is 0 Å². The number of hydrogen-bond acceptors (Lipinski definition) is 5. The van der Waals surface area contributed by atoms with Crippen LogP contribution in [-0.2, 0) is 6.42 Å². The van der Waals surface area contributed by atoms with Crippen LogP contribution in [0.15, 0.2) is 31.0 Å². The van der Waals surface area contributed by atoms with E-state index < -0.39 is 0 Å². The molecule has 88 valence electrons. The van der Waals surface area contributed by atoms with Gasteiger partial charge in [0.2, 0.25) is 0 Å². The number of aromatic nitrogens is 4. The van der Waals surface area contributed by atoms with Gasteiger partial charge in [0.25, 0.3) is 0 Å². The molecule has 2 rings (SSSR count). The molecule has 0 aliphatic carbocycles. The van der Waals surface area contributed by atoms with Gasteiger partial charge >= 0.3 is 0 Å². The molecule has 5 nitrogen and oxygen atoms in total. The zero-order valence-electron chi connectivity index (χ0n) is 9.74. The first-order valence-corrected chi connectivity index (χ1v) is 5.62. The first-order valence-electron chi connectivity index (χ1n) is 5.62. The average molecular weight is 229 g/mol. The zero-order chi connectivity index (χ0) is 12.1. The number of hydrogen-bond donors (Lipinski definition) is 1. The molecular formula is C12H15N5. The molecule has 5 heteroatoms. The number of rotatable bonds is 4. The second kappa shape index (κ2) is 5.45. The molecule has 0 fully saturated rings. The normalized spacial score (nSPS) is 12.4. The maximum absolute atomic E-state index is 5.88. The highest BCUT2D eigenvalue weighted by atomic mass is 14.9. The molecule has 2 aromatic heterocycles. The Hall–Kier alpha value is -1.88. The van der Waals surface area contributed by atoms with E-state index in [9.17, 15) is 0 Å². The minimum Gasteiger partial charge on any atom is -0.327 e. The third kappa shape index (κ3) is 3.04. The summed E-state index contributed by atoms with van der Waals surface area (Å²) in [6, 6.07) is 1.95. The van der Waals surface area contributed by atoms with Gasteiger partial charge in [0.1, 0.15) is 12.0 Å². The van der Waals surface area contributed by atoms with Crippen LogP contribution >= 0.6 is 0 Å². The van der Waals surface area contributed by atoms with Crippen LogP contribution in [-0.4, -0.2) is 26.0 Å². The van der Waals surface area contributed by atoms with Crippen molar-refractivity contribution >= 4 is 0 Å². The largest absolute Gasteiger partial charge is 0.327 e. The van der Waals surface area contributed by atoms with Crippen molar-refractivity contribution in [1.29, 1.82) is 0 Å². The van der Waals surface area contributed by atoms with E-state index in [-0.39, 0.29) is 6.04 Å². The highest BCUT2D eigenvalue weighted by Gasteiger charge is 2.05. The molecule has 0 saturated carbocycles. The molecule has 0 aliphatic heterocycles. The summed E-state index contributed by atoms with van der Waals surface area (Å²) in [5.74, 6) is 0.612. The molecule has 2 aromatic rings. The summed E-state index contributed by atoms with van der Waals surface area (Å²) in [5, 5.41) is 0. The molecule has 0 saturated heterocycles. The number of nitrogens with zero attached hydrogens (tertiary/aromatic N) is 4. The molecule has 0 aliphatic rings. The Kier molecular flexibility index (Phi) is 3.72. The van der Waals surface area contributed by atoms with E-state index in [4.69, 9.17) is 5.73 Å². The SMILES string of the molecule is CCC(N)Cc1cnc(-c2ccncn2)nc1. The molecule has 17 heavy (non-hydrogen) atoms. The first kappa shape index (κ1) is 11.6. The molecule has 2 N–H and O–H groups in total. The second-order valence-corrected chi connectivity index (χ2v) is 3.88. The third-order valence-corrected chi connectivity index (χ3v) is 2.54. The molecule has 0 spiro atoms. The molecule has 0 amide bonds. The van der Waals surface area contributed by atoms with E-state index in [1.807, 2.05) is 0 Å². The second-order valence-electron chi connectivity index (χ2n) is 3.88. The van der Waals surface area contributed by atoms with E-state index in [1.54, 1.807) is 24.7 Å². The summed E-state index contributed by atoms with van der Waals surface area (Å²) in [4.78, 5) is 16.5. The fourth-order valence-corrected chi connectivity index (χ4v) is 1.46. The summed E-state index contributed by atoms with van der Waals surface area (Å²) < 4.78 is 0. The molecule has 0 bridgehead atoms. The lowest BCUT2D eigenvalue weighted by Crippen LogP contribution is -2.21. The van der Waals surface area contributed by atoms with E-state index in [0.29, 0.717) is 5.82 Å². The van der Waals surface area contributed by atoms with Crippen molar-refractivity contribution in [1.82, 2.24) is 19.9 Å². The summed E-state index contributed by atoms with van der Waals surface area (Å²) in [7, 11) is 0. The van der Waals surface area contributed by atoms with Gasteiger partial charge in [0.15, 0.2) is 5.82 Å². The lowest BCUT2D eigenvalue weighted by molar-refractivity contribution is 0.643. The van der Waals surface area contributed by atoms with Crippen molar-refractivity contribution in [2.45, 2.75) is 25.8 Å². The lowest BCUT2D eigenvalue weighted by atomic mass is 10.1. The Morgan fingerprint density at radius 1 is 1.24 bits per heavy atom. The average Bonchev–Trinajstić information content (AvgIpc) is 2.40. The zero-order valence-corrected chi connectivity index (χ0v) is 9.74. The predicted octanol–water partition coefficient (Wildman–Crippen LogP) is 1.21. The monoisotopic (exact) mass is 229 g/mol. The Morgan fingerprint density at radius 3 is 2.59 bits per heavy atom. The van der Waals surface area contributed by atoms with Gasteiger partial charge in [-0.25, -0.2) is 19.9 Å². The number of nitrogens with two attached hydrogens (primary N) is 1. The minimum absolute atomic E-state index is 0.170.